The summed E-state index contributed by atoms with van der Waals surface area (Å²) in [4.78, 5) is 0. The Morgan fingerprint density at radius 2 is 2.27 bits per heavy atom. The van der Waals surface area contributed by atoms with Crippen LogP contribution in [-0.4, -0.2) is 12.2 Å². The van der Waals surface area contributed by atoms with Gasteiger partial charge in [-0.3, -0.25) is 0 Å². The van der Waals surface area contributed by atoms with Crippen LogP contribution in [0.4, 0.5) is 0 Å². The maximum absolute atomic E-state index is 9.26. The van der Waals surface area contributed by atoms with Gasteiger partial charge in [-0.2, -0.15) is 12.6 Å². The molecule has 0 saturated carbocycles. The third kappa shape index (κ3) is 1.80. The largest absolute Gasteiger partial charge is 0.504 e. The molecule has 0 fully saturated rings. The van der Waals surface area contributed by atoms with E-state index in [1.807, 2.05) is 6.07 Å². The van der Waals surface area contributed by atoms with Gasteiger partial charge in [0.25, 0.3) is 0 Å². The summed E-state index contributed by atoms with van der Waals surface area (Å²) < 4.78 is 4.87. The van der Waals surface area contributed by atoms with Crippen molar-refractivity contribution in [3.63, 3.8) is 0 Å². The van der Waals surface area contributed by atoms with Crippen molar-refractivity contribution in [3.05, 3.63) is 23.8 Å². The van der Waals surface area contributed by atoms with Gasteiger partial charge in [0.15, 0.2) is 11.5 Å². The van der Waals surface area contributed by atoms with Gasteiger partial charge in [0.1, 0.15) is 0 Å². The monoisotopic (exact) mass is 170 g/mol. The molecule has 1 aromatic carbocycles. The Morgan fingerprint density at radius 3 is 2.73 bits per heavy atom. The van der Waals surface area contributed by atoms with E-state index in [1.165, 1.54) is 7.11 Å². The molecule has 0 aliphatic heterocycles. The van der Waals surface area contributed by atoms with Crippen molar-refractivity contribution in [1.82, 2.24) is 0 Å². The first-order valence-corrected chi connectivity index (χ1v) is 3.88. The van der Waals surface area contributed by atoms with E-state index in [9.17, 15) is 5.11 Å². The van der Waals surface area contributed by atoms with Crippen LogP contribution in [0.2, 0.25) is 0 Å². The van der Waals surface area contributed by atoms with E-state index in [2.05, 4.69) is 12.6 Å². The van der Waals surface area contributed by atoms with E-state index in [0.29, 0.717) is 11.5 Å². The van der Waals surface area contributed by atoms with E-state index in [-0.39, 0.29) is 5.75 Å². The topological polar surface area (TPSA) is 29.5 Å². The number of aromatic hydroxyl groups is 1. The number of phenolic OH excluding ortho intramolecular Hbond substituents is 1. The summed E-state index contributed by atoms with van der Waals surface area (Å²) in [5.41, 5.74) is 0.978. The number of phenols is 1. The van der Waals surface area contributed by atoms with Gasteiger partial charge < -0.3 is 9.84 Å². The molecular formula is C8H10O2S. The molecular weight excluding hydrogens is 160 g/mol. The molecule has 60 valence electrons. The molecule has 1 aromatic rings. The van der Waals surface area contributed by atoms with Gasteiger partial charge in [-0.25, -0.2) is 0 Å². The molecule has 1 rings (SSSR count). The van der Waals surface area contributed by atoms with Crippen LogP contribution >= 0.6 is 12.6 Å². The first-order chi connectivity index (χ1) is 5.27. The molecule has 0 unspecified atom stereocenters. The Kier molecular flexibility index (Phi) is 2.65. The third-order valence-corrected chi connectivity index (χ3v) is 1.79. The standard InChI is InChI=1S/C8H10O2S/c1-10-8-3-2-6(5-11)4-7(8)9/h2-4,9,11H,5H2,1H3. The summed E-state index contributed by atoms with van der Waals surface area (Å²) >= 11 is 4.07. The summed E-state index contributed by atoms with van der Waals surface area (Å²) in [7, 11) is 1.52. The predicted molar refractivity (Wildman–Crippen MR) is 47.3 cm³/mol. The fourth-order valence-corrected chi connectivity index (χ4v) is 1.03. The zero-order valence-corrected chi connectivity index (χ0v) is 7.14. The van der Waals surface area contributed by atoms with Gasteiger partial charge in [-0.15, -0.1) is 0 Å². The maximum Gasteiger partial charge on any atom is 0.160 e. The zero-order chi connectivity index (χ0) is 8.27. The fourth-order valence-electron chi connectivity index (χ4n) is 0.834. The third-order valence-electron chi connectivity index (χ3n) is 1.43. The summed E-state index contributed by atoms with van der Waals surface area (Å²) in [5, 5.41) is 9.26. The SMILES string of the molecule is COc1ccc(CS)cc1O. The van der Waals surface area contributed by atoms with Gasteiger partial charge in [0, 0.05) is 5.75 Å². The van der Waals surface area contributed by atoms with Crippen LogP contribution in [0.3, 0.4) is 0 Å². The molecule has 3 heteroatoms. The van der Waals surface area contributed by atoms with Crippen molar-refractivity contribution in [2.24, 2.45) is 0 Å². The smallest absolute Gasteiger partial charge is 0.160 e. The van der Waals surface area contributed by atoms with Gasteiger partial charge in [-0.1, -0.05) is 6.07 Å². The minimum atomic E-state index is 0.166. The highest BCUT2D eigenvalue weighted by Gasteiger charge is 1.99. The minimum absolute atomic E-state index is 0.166. The number of methoxy groups -OCH3 is 1. The highest BCUT2D eigenvalue weighted by atomic mass is 32.1. The Balaban J connectivity index is 2.99. The first-order valence-electron chi connectivity index (χ1n) is 3.24. The van der Waals surface area contributed by atoms with Crippen molar-refractivity contribution >= 4 is 12.6 Å². The summed E-state index contributed by atoms with van der Waals surface area (Å²) in [5.74, 6) is 1.28. The fraction of sp³-hybridized carbons (Fsp3) is 0.250. The summed E-state index contributed by atoms with van der Waals surface area (Å²) in [6.45, 7) is 0. The van der Waals surface area contributed by atoms with Crippen LogP contribution in [0.5, 0.6) is 11.5 Å². The Labute approximate surface area is 71.2 Å². The second-order valence-electron chi connectivity index (χ2n) is 2.16. The molecule has 1 N–H and O–H groups in total. The predicted octanol–water partition coefficient (Wildman–Crippen LogP) is 1.83. The van der Waals surface area contributed by atoms with Crippen molar-refractivity contribution in [2.75, 3.05) is 7.11 Å². The lowest BCUT2D eigenvalue weighted by Gasteiger charge is -2.03. The average Bonchev–Trinajstić information content (AvgIpc) is 2.04. The molecule has 0 heterocycles. The molecule has 0 aliphatic rings. The molecule has 0 amide bonds. The van der Waals surface area contributed by atoms with Gasteiger partial charge >= 0.3 is 0 Å². The van der Waals surface area contributed by atoms with Gasteiger partial charge in [0.2, 0.25) is 0 Å². The molecule has 0 saturated heterocycles. The van der Waals surface area contributed by atoms with E-state index < -0.39 is 0 Å². The number of thiol groups is 1. The lowest BCUT2D eigenvalue weighted by atomic mass is 10.2. The maximum atomic E-state index is 9.26. The molecule has 0 atom stereocenters. The molecule has 0 radical (unpaired) electrons. The zero-order valence-electron chi connectivity index (χ0n) is 6.24. The molecule has 0 bridgehead atoms. The van der Waals surface area contributed by atoms with Gasteiger partial charge in [0.05, 0.1) is 7.11 Å². The summed E-state index contributed by atoms with van der Waals surface area (Å²) in [6.07, 6.45) is 0. The number of rotatable bonds is 2. The van der Waals surface area contributed by atoms with Crippen LogP contribution in [0.25, 0.3) is 0 Å². The van der Waals surface area contributed by atoms with E-state index in [1.54, 1.807) is 12.1 Å². The second kappa shape index (κ2) is 3.53. The van der Waals surface area contributed by atoms with E-state index >= 15 is 0 Å². The molecule has 0 aliphatic carbocycles. The quantitative estimate of drug-likeness (QED) is 0.663. The molecule has 0 aromatic heterocycles. The lowest BCUT2D eigenvalue weighted by molar-refractivity contribution is 0.373. The normalized spacial score (nSPS) is 9.64. The van der Waals surface area contributed by atoms with Crippen LogP contribution in [0.1, 0.15) is 5.56 Å². The summed E-state index contributed by atoms with van der Waals surface area (Å²) in [6, 6.07) is 5.23. The van der Waals surface area contributed by atoms with Crippen molar-refractivity contribution in [1.29, 1.82) is 0 Å². The number of benzene rings is 1. The lowest BCUT2D eigenvalue weighted by Crippen LogP contribution is -1.84. The van der Waals surface area contributed by atoms with Crippen molar-refractivity contribution in [3.8, 4) is 11.5 Å². The van der Waals surface area contributed by atoms with Crippen LogP contribution in [0.15, 0.2) is 18.2 Å². The highest BCUT2D eigenvalue weighted by Crippen LogP contribution is 2.26. The Hall–Kier alpha value is -0.830. The Morgan fingerprint density at radius 1 is 1.55 bits per heavy atom. The number of hydrogen-bond donors (Lipinski definition) is 2. The minimum Gasteiger partial charge on any atom is -0.504 e. The average molecular weight is 170 g/mol. The van der Waals surface area contributed by atoms with Gasteiger partial charge in [-0.05, 0) is 17.7 Å². The van der Waals surface area contributed by atoms with Crippen LogP contribution in [0, 0.1) is 0 Å². The highest BCUT2D eigenvalue weighted by molar-refractivity contribution is 7.79. The first kappa shape index (κ1) is 8.27. The second-order valence-corrected chi connectivity index (χ2v) is 2.48. The number of hydrogen-bond acceptors (Lipinski definition) is 3. The van der Waals surface area contributed by atoms with E-state index in [4.69, 9.17) is 4.74 Å². The van der Waals surface area contributed by atoms with Crippen LogP contribution < -0.4 is 4.74 Å². The van der Waals surface area contributed by atoms with E-state index in [0.717, 1.165) is 5.56 Å². The molecule has 0 spiro atoms. The van der Waals surface area contributed by atoms with Crippen molar-refractivity contribution < 1.29 is 9.84 Å². The number of ether oxygens (including phenoxy) is 1. The van der Waals surface area contributed by atoms with Crippen LogP contribution in [-0.2, 0) is 5.75 Å². The Bertz CT molecular complexity index is 248. The molecule has 11 heavy (non-hydrogen) atoms. The molecule has 2 nitrogen and oxygen atoms in total. The van der Waals surface area contributed by atoms with Crippen molar-refractivity contribution in [2.45, 2.75) is 5.75 Å².